The molecular weight excluding hydrogens is 258 g/mol. The molecule has 1 fully saturated rings. The lowest BCUT2D eigenvalue weighted by Crippen LogP contribution is -2.17. The van der Waals surface area contributed by atoms with Gasteiger partial charge in [-0.3, -0.25) is 14.7 Å². The van der Waals surface area contributed by atoms with Gasteiger partial charge < -0.3 is 10.4 Å². The van der Waals surface area contributed by atoms with Crippen LogP contribution in [0.3, 0.4) is 0 Å². The summed E-state index contributed by atoms with van der Waals surface area (Å²) in [6.07, 6.45) is 1.70. The summed E-state index contributed by atoms with van der Waals surface area (Å²) < 4.78 is 0. The maximum Gasteiger partial charge on any atom is 0.307 e. The van der Waals surface area contributed by atoms with Gasteiger partial charge in [-0.15, -0.1) is 0 Å². The van der Waals surface area contributed by atoms with Gasteiger partial charge in [-0.25, -0.2) is 0 Å². The maximum absolute atomic E-state index is 12.2. The normalized spacial score (nSPS) is 23.5. The number of hydrogen-bond acceptors (Lipinski definition) is 3. The third-order valence-corrected chi connectivity index (χ3v) is 4.09. The van der Waals surface area contributed by atoms with Crippen LogP contribution in [0.5, 0.6) is 0 Å². The van der Waals surface area contributed by atoms with E-state index in [0.717, 1.165) is 10.9 Å². The third-order valence-electron chi connectivity index (χ3n) is 4.09. The number of nitrogens with zero attached hydrogens (tertiary/aromatic N) is 1. The zero-order chi connectivity index (χ0) is 14.5. The summed E-state index contributed by atoms with van der Waals surface area (Å²) in [5, 5.41) is 19.6. The second-order valence-corrected chi connectivity index (χ2v) is 5.78. The Morgan fingerprint density at radius 1 is 1.35 bits per heavy atom. The molecule has 1 saturated carbocycles. The zero-order valence-electron chi connectivity index (χ0n) is 11.2. The molecule has 0 saturated heterocycles. The molecule has 3 rings (SSSR count). The van der Waals surface area contributed by atoms with Gasteiger partial charge in [-0.1, -0.05) is 13.8 Å². The molecule has 0 bridgehead atoms. The van der Waals surface area contributed by atoms with Crippen molar-refractivity contribution < 1.29 is 14.7 Å². The molecule has 104 valence electrons. The summed E-state index contributed by atoms with van der Waals surface area (Å²) in [4.78, 5) is 23.3. The number of nitrogens with one attached hydrogen (secondary N) is 2. The van der Waals surface area contributed by atoms with Crippen LogP contribution in [0.15, 0.2) is 24.4 Å². The topological polar surface area (TPSA) is 95.1 Å². The van der Waals surface area contributed by atoms with Crippen molar-refractivity contribution in [3.63, 3.8) is 0 Å². The van der Waals surface area contributed by atoms with Crippen LogP contribution >= 0.6 is 0 Å². The lowest BCUT2D eigenvalue weighted by atomic mass is 10.1. The van der Waals surface area contributed by atoms with Crippen LogP contribution in [-0.4, -0.2) is 27.2 Å². The molecule has 0 unspecified atom stereocenters. The number of rotatable bonds is 3. The molecule has 1 aromatic carbocycles. The first-order chi connectivity index (χ1) is 9.41. The average Bonchev–Trinajstić information content (AvgIpc) is 2.73. The van der Waals surface area contributed by atoms with Gasteiger partial charge in [0.1, 0.15) is 0 Å². The highest BCUT2D eigenvalue weighted by Crippen LogP contribution is 2.58. The number of hydrogen-bond donors (Lipinski definition) is 3. The van der Waals surface area contributed by atoms with E-state index in [9.17, 15) is 9.59 Å². The van der Waals surface area contributed by atoms with Gasteiger partial charge in [0.2, 0.25) is 5.91 Å². The molecule has 0 aliphatic heterocycles. The number of benzene rings is 1. The van der Waals surface area contributed by atoms with Crippen molar-refractivity contribution in [2.75, 3.05) is 5.32 Å². The van der Waals surface area contributed by atoms with Crippen LogP contribution < -0.4 is 5.32 Å². The Kier molecular flexibility index (Phi) is 2.57. The molecule has 6 heteroatoms. The van der Waals surface area contributed by atoms with E-state index >= 15 is 0 Å². The van der Waals surface area contributed by atoms with E-state index in [0.29, 0.717) is 5.69 Å². The van der Waals surface area contributed by atoms with Crippen LogP contribution in [0.1, 0.15) is 13.8 Å². The highest BCUT2D eigenvalue weighted by Gasteiger charge is 2.65. The van der Waals surface area contributed by atoms with Crippen molar-refractivity contribution in [2.24, 2.45) is 17.3 Å². The first-order valence-electron chi connectivity index (χ1n) is 6.38. The minimum Gasteiger partial charge on any atom is -0.481 e. The zero-order valence-corrected chi connectivity index (χ0v) is 11.2. The van der Waals surface area contributed by atoms with Gasteiger partial charge in [-0.2, -0.15) is 5.10 Å². The Morgan fingerprint density at radius 2 is 2.10 bits per heavy atom. The average molecular weight is 273 g/mol. The van der Waals surface area contributed by atoms with E-state index < -0.39 is 23.2 Å². The van der Waals surface area contributed by atoms with Gasteiger partial charge in [0.15, 0.2) is 0 Å². The first-order valence-corrected chi connectivity index (χ1v) is 6.38. The summed E-state index contributed by atoms with van der Waals surface area (Å²) in [6, 6.07) is 5.41. The quantitative estimate of drug-likeness (QED) is 0.795. The van der Waals surface area contributed by atoms with Crippen molar-refractivity contribution in [1.29, 1.82) is 0 Å². The smallest absolute Gasteiger partial charge is 0.307 e. The van der Waals surface area contributed by atoms with E-state index in [-0.39, 0.29) is 5.91 Å². The van der Waals surface area contributed by atoms with Crippen molar-refractivity contribution in [2.45, 2.75) is 13.8 Å². The van der Waals surface area contributed by atoms with Gasteiger partial charge in [0, 0.05) is 11.1 Å². The number of aromatic amines is 1. The first kappa shape index (κ1) is 12.7. The number of carboxylic acid groups (broad SMARTS) is 1. The third kappa shape index (κ3) is 1.84. The summed E-state index contributed by atoms with van der Waals surface area (Å²) in [6.45, 7) is 3.60. The van der Waals surface area contributed by atoms with Crippen LogP contribution in [0.25, 0.3) is 10.9 Å². The molecular formula is C14H15N3O3. The van der Waals surface area contributed by atoms with E-state index in [1.807, 2.05) is 6.07 Å². The van der Waals surface area contributed by atoms with E-state index in [1.165, 1.54) is 0 Å². The Labute approximate surface area is 115 Å². The standard InChI is InChI=1S/C14H15N3O3/c1-14(2)10(11(14)13(19)20)12(18)16-8-4-3-7-6-15-17-9(7)5-8/h3-6,10-11H,1-2H3,(H,15,17)(H,16,18)(H,19,20)/t10-,11+/m1/s1. The monoisotopic (exact) mass is 273 g/mol. The van der Waals surface area contributed by atoms with Crippen LogP contribution in [0.2, 0.25) is 0 Å². The minimum atomic E-state index is -0.917. The molecule has 2 atom stereocenters. The predicted molar refractivity (Wildman–Crippen MR) is 73.1 cm³/mol. The number of anilines is 1. The molecule has 3 N–H and O–H groups in total. The summed E-state index contributed by atoms with van der Waals surface area (Å²) >= 11 is 0. The number of amides is 1. The van der Waals surface area contributed by atoms with Crippen molar-refractivity contribution in [1.82, 2.24) is 10.2 Å². The van der Waals surface area contributed by atoms with Crippen molar-refractivity contribution in [3.8, 4) is 0 Å². The molecule has 1 aliphatic carbocycles. The number of carbonyl (C=O) groups is 2. The van der Waals surface area contributed by atoms with Crippen molar-refractivity contribution >= 4 is 28.5 Å². The molecule has 0 radical (unpaired) electrons. The Hall–Kier alpha value is -2.37. The van der Waals surface area contributed by atoms with Gasteiger partial charge >= 0.3 is 5.97 Å². The Bertz CT molecular complexity index is 705. The number of carboxylic acids is 1. The lowest BCUT2D eigenvalue weighted by molar-refractivity contribution is -0.140. The predicted octanol–water partition coefficient (Wildman–Crippen LogP) is 1.86. The molecule has 1 heterocycles. The molecule has 0 spiro atoms. The van der Waals surface area contributed by atoms with Crippen LogP contribution in [0.4, 0.5) is 5.69 Å². The molecule has 1 amide bonds. The number of fused-ring (bicyclic) bond motifs is 1. The second-order valence-electron chi connectivity index (χ2n) is 5.78. The van der Waals surface area contributed by atoms with E-state index in [4.69, 9.17) is 5.11 Å². The molecule has 6 nitrogen and oxygen atoms in total. The molecule has 2 aromatic rings. The van der Waals surface area contributed by atoms with Gasteiger partial charge in [0.05, 0.1) is 23.5 Å². The Balaban J connectivity index is 1.78. The van der Waals surface area contributed by atoms with Crippen molar-refractivity contribution in [3.05, 3.63) is 24.4 Å². The largest absolute Gasteiger partial charge is 0.481 e. The molecule has 1 aliphatic rings. The summed E-state index contributed by atoms with van der Waals surface area (Å²) in [5.74, 6) is -2.27. The van der Waals surface area contributed by atoms with E-state index in [2.05, 4.69) is 15.5 Å². The number of aliphatic carboxylic acids is 1. The van der Waals surface area contributed by atoms with Gasteiger partial charge in [-0.05, 0) is 23.6 Å². The highest BCUT2D eigenvalue weighted by atomic mass is 16.4. The lowest BCUT2D eigenvalue weighted by Gasteiger charge is -2.06. The fraction of sp³-hybridized carbons (Fsp3) is 0.357. The van der Waals surface area contributed by atoms with E-state index in [1.54, 1.807) is 32.2 Å². The molecule has 1 aromatic heterocycles. The second kappa shape index (κ2) is 4.06. The SMILES string of the molecule is CC1(C)[C@H](C(=O)O)[C@@H]1C(=O)Nc1ccc2cn[nH]c2c1. The molecule has 20 heavy (non-hydrogen) atoms. The number of carbonyl (C=O) groups excluding carboxylic acids is 1. The fourth-order valence-electron chi connectivity index (χ4n) is 2.82. The summed E-state index contributed by atoms with van der Waals surface area (Å²) in [5.41, 5.74) is 0.972. The Morgan fingerprint density at radius 3 is 2.75 bits per heavy atom. The number of H-pyrrole nitrogens is 1. The fourth-order valence-corrected chi connectivity index (χ4v) is 2.82. The minimum absolute atomic E-state index is 0.249. The van der Waals surface area contributed by atoms with Crippen LogP contribution in [0, 0.1) is 17.3 Å². The number of aromatic nitrogens is 2. The van der Waals surface area contributed by atoms with Gasteiger partial charge in [0.25, 0.3) is 0 Å². The highest BCUT2D eigenvalue weighted by molar-refractivity contribution is 6.00. The van der Waals surface area contributed by atoms with Crippen LogP contribution in [-0.2, 0) is 9.59 Å². The maximum atomic E-state index is 12.2. The summed E-state index contributed by atoms with van der Waals surface area (Å²) in [7, 11) is 0.